The fourth-order valence-electron chi connectivity index (χ4n) is 1.84. The summed E-state index contributed by atoms with van der Waals surface area (Å²) in [7, 11) is 1.23. The molecular formula is C14H11F3INO. The maximum absolute atomic E-state index is 14.1. The number of anilines is 1. The summed E-state index contributed by atoms with van der Waals surface area (Å²) in [5.41, 5.74) is 5.34. The van der Waals surface area contributed by atoms with Crippen LogP contribution >= 0.6 is 22.6 Å². The Balaban J connectivity index is 2.50. The van der Waals surface area contributed by atoms with Gasteiger partial charge in [-0.05, 0) is 40.3 Å². The molecule has 0 aliphatic carbocycles. The van der Waals surface area contributed by atoms with Crippen molar-refractivity contribution in [1.29, 1.82) is 0 Å². The van der Waals surface area contributed by atoms with E-state index in [0.717, 1.165) is 6.07 Å². The summed E-state index contributed by atoms with van der Waals surface area (Å²) in [5, 5.41) is 0. The standard InChI is InChI=1S/C14H11F3INO/c1-20-12-6-11(16)14(19)9(13(12)17)4-7-2-3-8(18)5-10(7)15/h2-3,5-6H,4,19H2,1H3. The molecule has 2 rings (SSSR count). The van der Waals surface area contributed by atoms with Crippen LogP contribution in [0.25, 0.3) is 0 Å². The predicted molar refractivity (Wildman–Crippen MR) is 79.2 cm³/mol. The summed E-state index contributed by atoms with van der Waals surface area (Å²) in [6.45, 7) is 0. The summed E-state index contributed by atoms with van der Waals surface area (Å²) in [6.07, 6.45) is -0.144. The van der Waals surface area contributed by atoms with Crippen molar-refractivity contribution in [3.8, 4) is 5.75 Å². The van der Waals surface area contributed by atoms with E-state index < -0.39 is 17.5 Å². The summed E-state index contributed by atoms with van der Waals surface area (Å²) in [4.78, 5) is 0. The van der Waals surface area contributed by atoms with Crippen molar-refractivity contribution >= 4 is 28.3 Å². The highest BCUT2D eigenvalue weighted by Crippen LogP contribution is 2.30. The van der Waals surface area contributed by atoms with Crippen LogP contribution < -0.4 is 10.5 Å². The molecule has 20 heavy (non-hydrogen) atoms. The number of rotatable bonds is 3. The summed E-state index contributed by atoms with van der Waals surface area (Å²) in [6, 6.07) is 5.40. The summed E-state index contributed by atoms with van der Waals surface area (Å²) >= 11 is 1.96. The molecule has 0 heterocycles. The third-order valence-corrected chi connectivity index (χ3v) is 3.59. The molecule has 0 amide bonds. The molecule has 0 fully saturated rings. The second-order valence-corrected chi connectivity index (χ2v) is 5.43. The molecule has 2 aromatic carbocycles. The SMILES string of the molecule is COc1cc(F)c(N)c(Cc2ccc(I)cc2F)c1F. The van der Waals surface area contributed by atoms with Crippen LogP contribution in [0.5, 0.6) is 5.75 Å². The van der Waals surface area contributed by atoms with Gasteiger partial charge in [0.1, 0.15) is 11.6 Å². The summed E-state index contributed by atoms with van der Waals surface area (Å²) < 4.78 is 47.0. The van der Waals surface area contributed by atoms with Crippen molar-refractivity contribution in [2.24, 2.45) is 0 Å². The van der Waals surface area contributed by atoms with Crippen molar-refractivity contribution in [2.45, 2.75) is 6.42 Å². The van der Waals surface area contributed by atoms with Gasteiger partial charge >= 0.3 is 0 Å². The van der Waals surface area contributed by atoms with Crippen LogP contribution in [-0.4, -0.2) is 7.11 Å². The van der Waals surface area contributed by atoms with Crippen LogP contribution in [0.2, 0.25) is 0 Å². The molecule has 0 bridgehead atoms. The van der Waals surface area contributed by atoms with E-state index in [1.54, 1.807) is 6.07 Å². The molecule has 0 spiro atoms. The average molecular weight is 393 g/mol. The molecule has 0 saturated heterocycles. The van der Waals surface area contributed by atoms with Gasteiger partial charge in [0.05, 0.1) is 12.8 Å². The first-order valence-corrected chi connectivity index (χ1v) is 6.76. The highest BCUT2D eigenvalue weighted by atomic mass is 127. The van der Waals surface area contributed by atoms with Gasteiger partial charge in [-0.25, -0.2) is 13.2 Å². The predicted octanol–water partition coefficient (Wildman–Crippen LogP) is 3.89. The molecule has 2 aromatic rings. The highest BCUT2D eigenvalue weighted by Gasteiger charge is 2.18. The maximum atomic E-state index is 14.1. The molecule has 0 saturated carbocycles. The number of nitrogen functional groups attached to an aromatic ring is 1. The van der Waals surface area contributed by atoms with Crippen LogP contribution in [0.4, 0.5) is 18.9 Å². The Morgan fingerprint density at radius 1 is 1.15 bits per heavy atom. The van der Waals surface area contributed by atoms with E-state index in [1.165, 1.54) is 19.2 Å². The fraction of sp³-hybridized carbons (Fsp3) is 0.143. The Kier molecular flexibility index (Phi) is 4.42. The highest BCUT2D eigenvalue weighted by molar-refractivity contribution is 14.1. The zero-order chi connectivity index (χ0) is 14.9. The number of nitrogens with two attached hydrogens (primary N) is 1. The van der Waals surface area contributed by atoms with Crippen LogP contribution in [0, 0.1) is 21.0 Å². The number of ether oxygens (including phenoxy) is 1. The lowest BCUT2D eigenvalue weighted by Gasteiger charge is -2.12. The van der Waals surface area contributed by atoms with Crippen molar-refractivity contribution in [3.63, 3.8) is 0 Å². The van der Waals surface area contributed by atoms with Crippen molar-refractivity contribution < 1.29 is 17.9 Å². The van der Waals surface area contributed by atoms with Gasteiger partial charge < -0.3 is 10.5 Å². The van der Waals surface area contributed by atoms with Crippen molar-refractivity contribution in [1.82, 2.24) is 0 Å². The molecular weight excluding hydrogens is 382 g/mol. The first-order valence-electron chi connectivity index (χ1n) is 5.68. The topological polar surface area (TPSA) is 35.2 Å². The number of hydrogen-bond acceptors (Lipinski definition) is 2. The zero-order valence-electron chi connectivity index (χ0n) is 10.5. The van der Waals surface area contributed by atoms with Gasteiger partial charge in [-0.2, -0.15) is 0 Å². The number of benzene rings is 2. The van der Waals surface area contributed by atoms with E-state index in [2.05, 4.69) is 0 Å². The van der Waals surface area contributed by atoms with Crippen molar-refractivity contribution in [2.75, 3.05) is 12.8 Å². The van der Waals surface area contributed by atoms with E-state index in [1.807, 2.05) is 22.6 Å². The minimum absolute atomic E-state index is 0.109. The third kappa shape index (κ3) is 2.84. The quantitative estimate of drug-likeness (QED) is 0.635. The molecule has 0 aromatic heterocycles. The van der Waals surface area contributed by atoms with Gasteiger partial charge in [-0.1, -0.05) is 6.07 Å². The van der Waals surface area contributed by atoms with Crippen LogP contribution in [0.1, 0.15) is 11.1 Å². The van der Waals surface area contributed by atoms with Gasteiger partial charge in [-0.3, -0.25) is 0 Å². The lowest BCUT2D eigenvalue weighted by atomic mass is 10.0. The van der Waals surface area contributed by atoms with Gasteiger partial charge in [0.25, 0.3) is 0 Å². The Hall–Kier alpha value is -1.44. The van der Waals surface area contributed by atoms with Gasteiger partial charge in [0.15, 0.2) is 11.6 Å². The number of halogens is 4. The largest absolute Gasteiger partial charge is 0.494 e. The molecule has 0 unspecified atom stereocenters. The van der Waals surface area contributed by atoms with Crippen LogP contribution in [0.15, 0.2) is 24.3 Å². The monoisotopic (exact) mass is 393 g/mol. The fourth-order valence-corrected chi connectivity index (χ4v) is 2.30. The normalized spacial score (nSPS) is 10.7. The molecule has 6 heteroatoms. The number of hydrogen-bond donors (Lipinski definition) is 1. The van der Waals surface area contributed by atoms with E-state index in [0.29, 0.717) is 3.57 Å². The van der Waals surface area contributed by atoms with E-state index >= 15 is 0 Å². The Morgan fingerprint density at radius 3 is 2.45 bits per heavy atom. The minimum Gasteiger partial charge on any atom is -0.494 e. The van der Waals surface area contributed by atoms with Gasteiger partial charge in [-0.15, -0.1) is 0 Å². The Labute approximate surface area is 127 Å². The lowest BCUT2D eigenvalue weighted by molar-refractivity contribution is 0.381. The smallest absolute Gasteiger partial charge is 0.170 e. The van der Waals surface area contributed by atoms with Gasteiger partial charge in [0, 0.05) is 21.6 Å². The molecule has 106 valence electrons. The Bertz CT molecular complexity index is 661. The van der Waals surface area contributed by atoms with Crippen molar-refractivity contribution in [3.05, 3.63) is 56.4 Å². The van der Waals surface area contributed by atoms with E-state index in [9.17, 15) is 13.2 Å². The van der Waals surface area contributed by atoms with Crippen LogP contribution in [0.3, 0.4) is 0 Å². The van der Waals surface area contributed by atoms with Gasteiger partial charge in [0.2, 0.25) is 0 Å². The van der Waals surface area contributed by atoms with Crippen LogP contribution in [-0.2, 0) is 6.42 Å². The minimum atomic E-state index is -0.788. The first kappa shape index (κ1) is 15.0. The lowest BCUT2D eigenvalue weighted by Crippen LogP contribution is -2.06. The second kappa shape index (κ2) is 5.90. The number of methoxy groups -OCH3 is 1. The molecule has 0 radical (unpaired) electrons. The zero-order valence-corrected chi connectivity index (χ0v) is 12.7. The van der Waals surface area contributed by atoms with E-state index in [4.69, 9.17) is 10.5 Å². The van der Waals surface area contributed by atoms with E-state index in [-0.39, 0.29) is 29.0 Å². The molecule has 2 N–H and O–H groups in total. The molecule has 0 atom stereocenters. The maximum Gasteiger partial charge on any atom is 0.170 e. The second-order valence-electron chi connectivity index (χ2n) is 4.18. The molecule has 0 aliphatic rings. The molecule has 2 nitrogen and oxygen atoms in total. The Morgan fingerprint density at radius 2 is 1.85 bits per heavy atom. The first-order chi connectivity index (χ1) is 9.43. The summed E-state index contributed by atoms with van der Waals surface area (Å²) in [5.74, 6) is -2.30. The third-order valence-electron chi connectivity index (χ3n) is 2.92. The average Bonchev–Trinajstić information content (AvgIpc) is 2.41. The molecule has 0 aliphatic heterocycles.